The van der Waals surface area contributed by atoms with Crippen molar-refractivity contribution >= 4 is 11.7 Å². The minimum absolute atomic E-state index is 0.207. The van der Waals surface area contributed by atoms with Crippen LogP contribution >= 0.6 is 0 Å². The van der Waals surface area contributed by atoms with Gasteiger partial charge in [-0.1, -0.05) is 25.8 Å². The van der Waals surface area contributed by atoms with Gasteiger partial charge in [0.2, 0.25) is 5.91 Å². The average Bonchev–Trinajstić information content (AvgIpc) is 3.39. The van der Waals surface area contributed by atoms with Crippen molar-refractivity contribution in [2.75, 3.05) is 40.4 Å². The monoisotopic (exact) mass is 499 g/mol. The Bertz CT molecular complexity index is 966. The van der Waals surface area contributed by atoms with Crippen molar-refractivity contribution in [2.45, 2.75) is 64.7 Å². The van der Waals surface area contributed by atoms with E-state index >= 15 is 0 Å². The van der Waals surface area contributed by atoms with Crippen LogP contribution in [0.25, 0.3) is 11.3 Å². The number of hydrogen-bond acceptors (Lipinski definition) is 7. The summed E-state index contributed by atoms with van der Waals surface area (Å²) < 4.78 is 17.2. The number of ether oxygens (including phenoxy) is 2. The zero-order valence-electron chi connectivity index (χ0n) is 22.0. The van der Waals surface area contributed by atoms with Gasteiger partial charge in [0.05, 0.1) is 11.8 Å². The van der Waals surface area contributed by atoms with Crippen molar-refractivity contribution in [1.82, 2.24) is 15.2 Å². The number of nitrogens with one attached hydrogen (secondary N) is 1. The molecule has 2 aliphatic heterocycles. The summed E-state index contributed by atoms with van der Waals surface area (Å²) in [5, 5.41) is 2.69. The van der Waals surface area contributed by atoms with Crippen molar-refractivity contribution in [2.24, 2.45) is 5.92 Å². The van der Waals surface area contributed by atoms with Gasteiger partial charge in [-0.15, -0.1) is 0 Å². The van der Waals surface area contributed by atoms with Crippen molar-refractivity contribution in [3.63, 3.8) is 0 Å². The van der Waals surface area contributed by atoms with Crippen LogP contribution in [-0.2, 0) is 16.0 Å². The Morgan fingerprint density at radius 2 is 1.83 bits per heavy atom. The molecule has 1 fully saturated rings. The Morgan fingerprint density at radius 1 is 1.08 bits per heavy atom. The van der Waals surface area contributed by atoms with Crippen LogP contribution in [0.2, 0.25) is 0 Å². The van der Waals surface area contributed by atoms with Gasteiger partial charge in [0.25, 0.3) is 0 Å². The number of oxazole rings is 1. The highest BCUT2D eigenvalue weighted by Gasteiger charge is 2.22. The van der Waals surface area contributed by atoms with E-state index in [0.29, 0.717) is 37.6 Å². The summed E-state index contributed by atoms with van der Waals surface area (Å²) in [5.74, 6) is 3.77. The first-order valence-corrected chi connectivity index (χ1v) is 13.3. The lowest BCUT2D eigenvalue weighted by molar-refractivity contribution is -0.125. The molecule has 0 bridgehead atoms. The molecule has 198 valence electrons. The quantitative estimate of drug-likeness (QED) is 0.475. The maximum Gasteiger partial charge on any atom is 0.222 e. The van der Waals surface area contributed by atoms with Gasteiger partial charge < -0.3 is 24.1 Å². The van der Waals surface area contributed by atoms with Gasteiger partial charge in [-0.25, -0.2) is 4.98 Å². The van der Waals surface area contributed by atoms with Crippen LogP contribution in [0.1, 0.15) is 64.2 Å². The third-order valence-corrected chi connectivity index (χ3v) is 6.71. The van der Waals surface area contributed by atoms with E-state index in [1.807, 2.05) is 25.1 Å². The number of unbranched alkanes of at least 4 members (excludes halogenated alkanes) is 3. The highest BCUT2D eigenvalue weighted by molar-refractivity contribution is 5.78. The van der Waals surface area contributed by atoms with Gasteiger partial charge in [0.15, 0.2) is 23.1 Å². The number of nitrogens with zero attached hydrogens (tertiary/aromatic N) is 2. The molecule has 1 N–H and O–H groups in total. The minimum atomic E-state index is 0.207. The molecule has 3 heterocycles. The highest BCUT2D eigenvalue weighted by Crippen LogP contribution is 2.40. The summed E-state index contributed by atoms with van der Waals surface area (Å²) in [5.41, 5.74) is 0.883. The Balaban J connectivity index is 0.000000275. The Hall–Kier alpha value is -2.87. The van der Waals surface area contributed by atoms with E-state index < -0.39 is 0 Å². The smallest absolute Gasteiger partial charge is 0.222 e. The summed E-state index contributed by atoms with van der Waals surface area (Å²) in [6.45, 7) is 5.15. The molecule has 0 spiro atoms. The van der Waals surface area contributed by atoms with Crippen LogP contribution in [0.5, 0.6) is 11.5 Å². The van der Waals surface area contributed by atoms with E-state index in [-0.39, 0.29) is 11.8 Å². The molecule has 0 aliphatic carbocycles. The number of aromatic nitrogens is 1. The minimum Gasteiger partial charge on any atom is -0.486 e. The summed E-state index contributed by atoms with van der Waals surface area (Å²) in [6.07, 6.45) is 10.1. The summed E-state index contributed by atoms with van der Waals surface area (Å²) in [6, 6.07) is 5.80. The zero-order valence-corrected chi connectivity index (χ0v) is 22.0. The van der Waals surface area contributed by atoms with Crippen LogP contribution in [0.4, 0.5) is 0 Å². The van der Waals surface area contributed by atoms with Gasteiger partial charge >= 0.3 is 0 Å². The molecular weight excluding hydrogens is 458 g/mol. The fraction of sp³-hybridized carbons (Fsp3) is 0.607. The predicted molar refractivity (Wildman–Crippen MR) is 139 cm³/mol. The Labute approximate surface area is 214 Å². The molecule has 0 atom stereocenters. The molecule has 36 heavy (non-hydrogen) atoms. The lowest BCUT2D eigenvalue weighted by Crippen LogP contribution is -2.37. The van der Waals surface area contributed by atoms with Gasteiger partial charge in [-0.3, -0.25) is 9.59 Å². The Morgan fingerprint density at radius 3 is 2.58 bits per heavy atom. The number of likely N-dealkylation sites (tertiary alicyclic amines) is 1. The molecule has 0 unspecified atom stereocenters. The van der Waals surface area contributed by atoms with Crippen molar-refractivity contribution in [3.8, 4) is 22.8 Å². The summed E-state index contributed by atoms with van der Waals surface area (Å²) in [7, 11) is 3.81. The molecule has 4 rings (SSSR count). The third-order valence-electron chi connectivity index (χ3n) is 6.71. The molecule has 2 aliphatic rings. The fourth-order valence-corrected chi connectivity index (χ4v) is 4.42. The van der Waals surface area contributed by atoms with Crippen molar-refractivity contribution in [3.05, 3.63) is 30.3 Å². The first-order chi connectivity index (χ1) is 17.5. The summed E-state index contributed by atoms with van der Waals surface area (Å²) in [4.78, 5) is 29.1. The molecule has 8 heteroatoms. The van der Waals surface area contributed by atoms with Crippen molar-refractivity contribution < 1.29 is 23.5 Å². The van der Waals surface area contributed by atoms with Crippen LogP contribution in [-0.4, -0.2) is 62.0 Å². The molecular formula is C28H41N3O5. The van der Waals surface area contributed by atoms with Gasteiger partial charge in [0.1, 0.15) is 19.0 Å². The number of piperidine rings is 1. The number of amides is 1. The predicted octanol–water partition coefficient (Wildman–Crippen LogP) is 4.66. The second-order valence-corrected chi connectivity index (χ2v) is 9.45. The van der Waals surface area contributed by atoms with Crippen LogP contribution < -0.4 is 14.8 Å². The van der Waals surface area contributed by atoms with E-state index in [0.717, 1.165) is 81.0 Å². The molecule has 1 aromatic heterocycles. The molecule has 0 radical (unpaired) electrons. The normalized spacial score (nSPS) is 15.6. The van der Waals surface area contributed by atoms with Crippen molar-refractivity contribution in [1.29, 1.82) is 0 Å². The van der Waals surface area contributed by atoms with E-state index in [1.54, 1.807) is 13.2 Å². The fourth-order valence-electron chi connectivity index (χ4n) is 4.42. The number of aryl methyl sites for hydroxylation is 1. The molecule has 2 aromatic rings. The highest BCUT2D eigenvalue weighted by atomic mass is 16.6. The van der Waals surface area contributed by atoms with Crippen LogP contribution in [0.3, 0.4) is 0 Å². The van der Waals surface area contributed by atoms with E-state index in [9.17, 15) is 9.59 Å². The second kappa shape index (κ2) is 14.6. The SMILES string of the molecule is CCC(=O)CCCCCCc1ncc(-c2cccc3c2OCCO3)o1.CNC(=O)C1CCN(C)CC1. The first-order valence-electron chi connectivity index (χ1n) is 13.3. The third kappa shape index (κ3) is 8.36. The standard InChI is InChI=1S/C20H25NO4.C8H16N2O/c1-2-15(22)8-5-3-4-6-11-19-21-14-18(25-19)16-9-7-10-17-20(16)24-13-12-23-17;1-9-8(11)7-3-5-10(2)6-4-7/h7,9-10,14H,2-6,8,11-13H2,1H3;7H,3-6H2,1-2H3,(H,9,11). The molecule has 0 saturated carbocycles. The lowest BCUT2D eigenvalue weighted by atomic mass is 9.96. The number of para-hydroxylation sites is 1. The van der Waals surface area contributed by atoms with Crippen LogP contribution in [0.15, 0.2) is 28.8 Å². The van der Waals surface area contributed by atoms with E-state index in [2.05, 4.69) is 22.2 Å². The van der Waals surface area contributed by atoms with Gasteiger partial charge in [-0.2, -0.15) is 0 Å². The van der Waals surface area contributed by atoms with Crippen LogP contribution in [0, 0.1) is 5.92 Å². The number of carbonyl (C=O) groups excluding carboxylic acids is 2. The number of rotatable bonds is 10. The first kappa shape index (κ1) is 27.7. The molecule has 1 amide bonds. The van der Waals surface area contributed by atoms with Gasteiger partial charge in [0, 0.05) is 32.2 Å². The number of carbonyl (C=O) groups is 2. The number of fused-ring (bicyclic) bond motifs is 1. The summed E-state index contributed by atoms with van der Waals surface area (Å²) >= 11 is 0. The van der Waals surface area contributed by atoms with E-state index in [1.165, 1.54) is 0 Å². The number of hydrogen-bond donors (Lipinski definition) is 1. The average molecular weight is 500 g/mol. The maximum atomic E-state index is 11.3. The van der Waals surface area contributed by atoms with E-state index in [4.69, 9.17) is 13.9 Å². The molecule has 8 nitrogen and oxygen atoms in total. The molecule has 1 aromatic carbocycles. The van der Waals surface area contributed by atoms with Gasteiger partial charge in [-0.05, 0) is 58.0 Å². The maximum absolute atomic E-state index is 11.3. The number of ketones is 1. The second-order valence-electron chi connectivity index (χ2n) is 9.45. The number of benzene rings is 1. The largest absolute Gasteiger partial charge is 0.486 e. The molecule has 1 saturated heterocycles. The zero-order chi connectivity index (χ0) is 25.8. The lowest BCUT2D eigenvalue weighted by Gasteiger charge is -2.27. The Kier molecular flexibility index (Phi) is 11.3. The topological polar surface area (TPSA) is 93.9 Å². The number of Topliss-reactive ketones (excluding diaryl/α,β-unsaturated/α-hetero) is 1.